The predicted molar refractivity (Wildman–Crippen MR) is 104 cm³/mol. The SMILES string of the molecule is Cc1nnc2n1-c1sc(-c3cnn(C)c3)c(Cc3ccccc3)c1COC2. The van der Waals surface area contributed by atoms with Gasteiger partial charge >= 0.3 is 0 Å². The van der Waals surface area contributed by atoms with Crippen molar-refractivity contribution in [2.45, 2.75) is 26.6 Å². The van der Waals surface area contributed by atoms with E-state index in [1.165, 1.54) is 21.6 Å². The molecule has 4 aromatic rings. The van der Waals surface area contributed by atoms with E-state index < -0.39 is 0 Å². The van der Waals surface area contributed by atoms with Gasteiger partial charge in [-0.3, -0.25) is 9.25 Å². The second kappa shape index (κ2) is 6.44. The smallest absolute Gasteiger partial charge is 0.164 e. The van der Waals surface area contributed by atoms with E-state index in [4.69, 9.17) is 4.74 Å². The molecule has 3 aromatic heterocycles. The number of aryl methyl sites for hydroxylation is 2. The zero-order chi connectivity index (χ0) is 18.4. The average molecular weight is 377 g/mol. The maximum atomic E-state index is 5.96. The Morgan fingerprint density at radius 3 is 2.78 bits per heavy atom. The summed E-state index contributed by atoms with van der Waals surface area (Å²) in [5.74, 6) is 1.75. The monoisotopic (exact) mass is 377 g/mol. The first kappa shape index (κ1) is 16.4. The van der Waals surface area contributed by atoms with Gasteiger partial charge < -0.3 is 4.74 Å². The Balaban J connectivity index is 1.73. The van der Waals surface area contributed by atoms with Crippen molar-refractivity contribution in [1.82, 2.24) is 24.5 Å². The largest absolute Gasteiger partial charge is 0.369 e. The molecule has 0 spiro atoms. The number of rotatable bonds is 3. The molecule has 0 bridgehead atoms. The van der Waals surface area contributed by atoms with Gasteiger partial charge in [-0.15, -0.1) is 21.5 Å². The zero-order valence-corrected chi connectivity index (χ0v) is 16.0. The van der Waals surface area contributed by atoms with E-state index in [2.05, 4.69) is 56.4 Å². The quantitative estimate of drug-likeness (QED) is 0.547. The van der Waals surface area contributed by atoms with Crippen molar-refractivity contribution in [3.63, 3.8) is 0 Å². The van der Waals surface area contributed by atoms with E-state index in [9.17, 15) is 0 Å². The van der Waals surface area contributed by atoms with E-state index in [1.54, 1.807) is 11.3 Å². The van der Waals surface area contributed by atoms with Crippen molar-refractivity contribution < 1.29 is 4.74 Å². The molecule has 6 nitrogen and oxygen atoms in total. The van der Waals surface area contributed by atoms with Crippen molar-refractivity contribution in [2.24, 2.45) is 7.05 Å². The molecular weight excluding hydrogens is 358 g/mol. The predicted octanol–water partition coefficient (Wildman–Crippen LogP) is 3.66. The van der Waals surface area contributed by atoms with Crippen LogP contribution in [0.4, 0.5) is 0 Å². The van der Waals surface area contributed by atoms with Crippen LogP contribution in [0.2, 0.25) is 0 Å². The van der Waals surface area contributed by atoms with Crippen LogP contribution in [-0.2, 0) is 31.4 Å². The van der Waals surface area contributed by atoms with E-state index in [0.29, 0.717) is 13.2 Å². The van der Waals surface area contributed by atoms with Gasteiger partial charge in [-0.1, -0.05) is 30.3 Å². The van der Waals surface area contributed by atoms with Crippen LogP contribution in [0.15, 0.2) is 42.7 Å². The zero-order valence-electron chi connectivity index (χ0n) is 15.2. The van der Waals surface area contributed by atoms with Gasteiger partial charge in [0.05, 0.1) is 12.8 Å². The van der Waals surface area contributed by atoms with Crippen molar-refractivity contribution >= 4 is 11.3 Å². The lowest BCUT2D eigenvalue weighted by atomic mass is 9.99. The van der Waals surface area contributed by atoms with Crippen LogP contribution in [0.3, 0.4) is 0 Å². The Bertz CT molecular complexity index is 1110. The van der Waals surface area contributed by atoms with Crippen LogP contribution >= 0.6 is 11.3 Å². The van der Waals surface area contributed by atoms with E-state index in [-0.39, 0.29) is 0 Å². The number of ether oxygens (including phenoxy) is 1. The minimum atomic E-state index is 0.481. The molecule has 136 valence electrons. The molecule has 1 aliphatic rings. The molecule has 0 saturated heterocycles. The molecule has 1 aliphatic heterocycles. The van der Waals surface area contributed by atoms with Crippen molar-refractivity contribution in [3.05, 3.63) is 71.1 Å². The average Bonchev–Trinajstić information content (AvgIpc) is 3.31. The fourth-order valence-corrected chi connectivity index (χ4v) is 4.95. The first-order valence-corrected chi connectivity index (χ1v) is 9.69. The lowest BCUT2D eigenvalue weighted by Gasteiger charge is -2.08. The summed E-state index contributed by atoms with van der Waals surface area (Å²) >= 11 is 1.77. The van der Waals surface area contributed by atoms with Gasteiger partial charge in [-0.05, 0) is 24.5 Å². The van der Waals surface area contributed by atoms with Crippen molar-refractivity contribution in [3.8, 4) is 15.4 Å². The molecule has 1 aromatic carbocycles. The van der Waals surface area contributed by atoms with E-state index in [1.807, 2.05) is 24.9 Å². The van der Waals surface area contributed by atoms with Gasteiger partial charge in [0.2, 0.25) is 0 Å². The van der Waals surface area contributed by atoms with Crippen LogP contribution < -0.4 is 0 Å². The summed E-state index contributed by atoms with van der Waals surface area (Å²) in [5.41, 5.74) is 4.95. The molecule has 0 aliphatic carbocycles. The molecule has 0 unspecified atom stereocenters. The van der Waals surface area contributed by atoms with Gasteiger partial charge in [0.25, 0.3) is 0 Å². The number of benzene rings is 1. The van der Waals surface area contributed by atoms with Crippen LogP contribution in [0.25, 0.3) is 15.4 Å². The molecule has 0 saturated carbocycles. The van der Waals surface area contributed by atoms with E-state index >= 15 is 0 Å². The third-order valence-corrected chi connectivity index (χ3v) is 6.17. The molecule has 0 N–H and O–H groups in total. The highest BCUT2D eigenvalue weighted by Gasteiger charge is 2.26. The van der Waals surface area contributed by atoms with Crippen molar-refractivity contribution in [2.75, 3.05) is 0 Å². The summed E-state index contributed by atoms with van der Waals surface area (Å²) < 4.78 is 9.94. The third-order valence-electron chi connectivity index (χ3n) is 4.86. The second-order valence-corrected chi connectivity index (χ2v) is 7.75. The lowest BCUT2D eigenvalue weighted by molar-refractivity contribution is 0.105. The molecule has 0 atom stereocenters. The summed E-state index contributed by atoms with van der Waals surface area (Å²) in [5, 5.41) is 14.1. The highest BCUT2D eigenvalue weighted by Crippen LogP contribution is 2.42. The summed E-state index contributed by atoms with van der Waals surface area (Å²) in [7, 11) is 1.95. The molecule has 7 heteroatoms. The Morgan fingerprint density at radius 1 is 1.15 bits per heavy atom. The molecular formula is C20H19N5OS. The van der Waals surface area contributed by atoms with Gasteiger partial charge in [0.1, 0.15) is 17.4 Å². The summed E-state index contributed by atoms with van der Waals surface area (Å²) in [4.78, 5) is 1.24. The molecule has 4 heterocycles. The number of hydrogen-bond acceptors (Lipinski definition) is 5. The summed E-state index contributed by atoms with van der Waals surface area (Å²) in [6.07, 6.45) is 4.86. The van der Waals surface area contributed by atoms with Crippen LogP contribution in [0.5, 0.6) is 0 Å². The van der Waals surface area contributed by atoms with Gasteiger partial charge in [0, 0.05) is 29.2 Å². The number of aromatic nitrogens is 5. The fourth-order valence-electron chi connectivity index (χ4n) is 3.58. The second-order valence-electron chi connectivity index (χ2n) is 6.75. The normalized spacial score (nSPS) is 13.3. The number of thiophene rings is 1. The van der Waals surface area contributed by atoms with Crippen LogP contribution in [0.1, 0.15) is 28.3 Å². The molecule has 0 amide bonds. The maximum Gasteiger partial charge on any atom is 0.164 e. The molecule has 5 rings (SSSR count). The molecule has 0 radical (unpaired) electrons. The molecule has 0 fully saturated rings. The van der Waals surface area contributed by atoms with Gasteiger partial charge in [-0.25, -0.2) is 0 Å². The first-order valence-electron chi connectivity index (χ1n) is 8.87. The Hall–Kier alpha value is -2.77. The van der Waals surface area contributed by atoms with Crippen LogP contribution in [-0.4, -0.2) is 24.5 Å². The Kier molecular flexibility index (Phi) is 3.91. The minimum absolute atomic E-state index is 0.481. The number of hydrogen-bond donors (Lipinski definition) is 0. The topological polar surface area (TPSA) is 57.8 Å². The Morgan fingerprint density at radius 2 is 2.00 bits per heavy atom. The number of nitrogens with zero attached hydrogens (tertiary/aromatic N) is 5. The fraction of sp³-hybridized carbons (Fsp3) is 0.250. The lowest BCUT2D eigenvalue weighted by Crippen LogP contribution is -2.00. The van der Waals surface area contributed by atoms with E-state index in [0.717, 1.165) is 28.6 Å². The highest BCUT2D eigenvalue weighted by atomic mass is 32.1. The number of fused-ring (bicyclic) bond motifs is 3. The summed E-state index contributed by atoms with van der Waals surface area (Å²) in [6, 6.07) is 10.6. The maximum absolute atomic E-state index is 5.96. The van der Waals surface area contributed by atoms with Crippen LogP contribution in [0, 0.1) is 6.92 Å². The molecule has 27 heavy (non-hydrogen) atoms. The third kappa shape index (κ3) is 2.79. The van der Waals surface area contributed by atoms with Gasteiger partial charge in [-0.2, -0.15) is 5.10 Å². The highest BCUT2D eigenvalue weighted by molar-refractivity contribution is 7.18. The minimum Gasteiger partial charge on any atom is -0.369 e. The Labute approximate surface area is 161 Å². The summed E-state index contributed by atoms with van der Waals surface area (Å²) in [6.45, 7) is 3.05. The van der Waals surface area contributed by atoms with Gasteiger partial charge in [0.15, 0.2) is 5.82 Å². The first-order chi connectivity index (χ1) is 13.2. The standard InChI is InChI=1S/C20H19N5OS/c1-13-22-23-18-12-26-11-17-16(8-14-6-4-3-5-7-14)19(27-20(17)25(13)18)15-9-21-24(2)10-15/h3-7,9-10H,8,11-12H2,1-2H3. The van der Waals surface area contributed by atoms with Crippen molar-refractivity contribution in [1.29, 1.82) is 0 Å².